The number of carboxylic acid groups (broad SMARTS) is 1. The van der Waals surface area contributed by atoms with Gasteiger partial charge in [-0.1, -0.05) is 12.1 Å². The second-order valence-corrected chi connectivity index (χ2v) is 5.52. The van der Waals surface area contributed by atoms with Crippen molar-refractivity contribution in [2.75, 3.05) is 0 Å². The first kappa shape index (κ1) is 12.9. The van der Waals surface area contributed by atoms with Gasteiger partial charge in [0.05, 0.1) is 12.1 Å². The Morgan fingerprint density at radius 1 is 1.35 bits per heavy atom. The lowest BCUT2D eigenvalue weighted by Crippen LogP contribution is -2.08. The van der Waals surface area contributed by atoms with Crippen molar-refractivity contribution in [2.24, 2.45) is 5.92 Å². The average molecular weight is 270 g/mol. The Bertz CT molecular complexity index is 612. The quantitative estimate of drug-likeness (QED) is 0.908. The molecule has 0 aliphatic heterocycles. The number of aromatic nitrogens is 2. The van der Waals surface area contributed by atoms with Crippen molar-refractivity contribution in [3.8, 4) is 5.69 Å². The number of nitrogens with zero attached hydrogens (tertiary/aromatic N) is 2. The number of benzene rings is 1. The summed E-state index contributed by atoms with van der Waals surface area (Å²) in [5, 5.41) is 13.3. The molecule has 1 aliphatic rings. The van der Waals surface area contributed by atoms with Gasteiger partial charge in [0.2, 0.25) is 0 Å². The number of carbonyl (C=O) groups is 1. The number of hydrogen-bond donors (Lipinski definition) is 1. The van der Waals surface area contributed by atoms with E-state index in [0.29, 0.717) is 5.92 Å². The van der Waals surface area contributed by atoms with Gasteiger partial charge in [0.15, 0.2) is 0 Å². The van der Waals surface area contributed by atoms with E-state index in [1.165, 1.54) is 0 Å². The topological polar surface area (TPSA) is 55.1 Å². The molecular weight excluding hydrogens is 252 g/mol. The van der Waals surface area contributed by atoms with Crippen molar-refractivity contribution >= 4 is 5.97 Å². The zero-order valence-corrected chi connectivity index (χ0v) is 11.5. The summed E-state index contributed by atoms with van der Waals surface area (Å²) in [6.07, 6.45) is 4.31. The van der Waals surface area contributed by atoms with Crippen LogP contribution in [0.1, 0.15) is 36.4 Å². The van der Waals surface area contributed by atoms with Gasteiger partial charge in [0, 0.05) is 11.9 Å². The molecule has 0 bridgehead atoms. The van der Waals surface area contributed by atoms with Crippen LogP contribution in [0.2, 0.25) is 0 Å². The van der Waals surface area contributed by atoms with Gasteiger partial charge in [-0.05, 0) is 55.4 Å². The predicted octanol–water partition coefficient (Wildman–Crippen LogP) is 3.15. The lowest BCUT2D eigenvalue weighted by molar-refractivity contribution is -0.137. The van der Waals surface area contributed by atoms with Crippen LogP contribution in [0.5, 0.6) is 0 Å². The lowest BCUT2D eigenvalue weighted by atomic mass is 9.91. The Balaban J connectivity index is 1.84. The fourth-order valence-corrected chi connectivity index (χ4v) is 2.75. The van der Waals surface area contributed by atoms with E-state index in [2.05, 4.69) is 5.10 Å². The molecule has 4 heteroatoms. The smallest absolute Gasteiger partial charge is 0.303 e. The molecule has 20 heavy (non-hydrogen) atoms. The van der Waals surface area contributed by atoms with Gasteiger partial charge >= 0.3 is 5.97 Å². The van der Waals surface area contributed by atoms with E-state index in [1.54, 1.807) is 6.20 Å². The lowest BCUT2D eigenvalue weighted by Gasteiger charge is -2.15. The zero-order valence-electron chi connectivity index (χ0n) is 11.5. The molecule has 1 aromatic heterocycles. The fourth-order valence-electron chi connectivity index (χ4n) is 2.75. The minimum Gasteiger partial charge on any atom is -0.481 e. The Kier molecular flexibility index (Phi) is 3.30. The summed E-state index contributed by atoms with van der Waals surface area (Å²) in [4.78, 5) is 11.0. The molecule has 1 heterocycles. The third-order valence-corrected chi connectivity index (χ3v) is 3.98. The highest BCUT2D eigenvalue weighted by molar-refractivity contribution is 5.68. The number of rotatable bonds is 5. The normalized spacial score (nSPS) is 16.1. The molecule has 0 saturated heterocycles. The SMILES string of the molecule is Cc1ccnn1-c1ccc(C(CC(=O)O)C2CC2)cc1. The maximum Gasteiger partial charge on any atom is 0.303 e. The van der Waals surface area contributed by atoms with Gasteiger partial charge in [-0.15, -0.1) is 0 Å². The van der Waals surface area contributed by atoms with E-state index in [1.807, 2.05) is 41.9 Å². The van der Waals surface area contributed by atoms with Crippen LogP contribution in [0.15, 0.2) is 36.5 Å². The molecule has 1 atom stereocenters. The number of aryl methyl sites for hydroxylation is 1. The highest BCUT2D eigenvalue weighted by atomic mass is 16.4. The molecule has 1 N–H and O–H groups in total. The van der Waals surface area contributed by atoms with Crippen LogP contribution in [0.25, 0.3) is 5.69 Å². The molecule has 1 saturated carbocycles. The Morgan fingerprint density at radius 2 is 2.05 bits per heavy atom. The Morgan fingerprint density at radius 3 is 2.55 bits per heavy atom. The number of aliphatic carboxylic acids is 1. The summed E-state index contributed by atoms with van der Waals surface area (Å²) in [6.45, 7) is 2.01. The van der Waals surface area contributed by atoms with Crippen molar-refractivity contribution in [3.63, 3.8) is 0 Å². The fraction of sp³-hybridized carbons (Fsp3) is 0.375. The van der Waals surface area contributed by atoms with Crippen LogP contribution < -0.4 is 0 Å². The van der Waals surface area contributed by atoms with Gasteiger partial charge in [-0.2, -0.15) is 5.10 Å². The first-order valence-electron chi connectivity index (χ1n) is 6.98. The van der Waals surface area contributed by atoms with Crippen LogP contribution in [-0.2, 0) is 4.79 Å². The minimum atomic E-state index is -0.714. The molecule has 3 rings (SSSR count). The number of hydrogen-bond acceptors (Lipinski definition) is 2. The molecule has 2 aromatic rings. The van der Waals surface area contributed by atoms with Crippen molar-refractivity contribution in [1.82, 2.24) is 9.78 Å². The molecule has 4 nitrogen and oxygen atoms in total. The summed E-state index contributed by atoms with van der Waals surface area (Å²) in [5.41, 5.74) is 3.23. The standard InChI is InChI=1S/C16H18N2O2/c1-11-8-9-17-18(11)14-6-4-13(5-7-14)15(10-16(19)20)12-2-3-12/h4-9,12,15H,2-3,10H2,1H3,(H,19,20). The van der Waals surface area contributed by atoms with E-state index in [0.717, 1.165) is 29.8 Å². The van der Waals surface area contributed by atoms with Gasteiger partial charge < -0.3 is 5.11 Å². The molecule has 1 aromatic carbocycles. The molecule has 0 radical (unpaired) electrons. The van der Waals surface area contributed by atoms with Gasteiger partial charge in [0.25, 0.3) is 0 Å². The monoisotopic (exact) mass is 270 g/mol. The largest absolute Gasteiger partial charge is 0.481 e. The van der Waals surface area contributed by atoms with E-state index in [-0.39, 0.29) is 12.3 Å². The van der Waals surface area contributed by atoms with Crippen molar-refractivity contribution in [3.05, 3.63) is 47.8 Å². The average Bonchev–Trinajstić information content (AvgIpc) is 3.18. The Hall–Kier alpha value is -2.10. The molecule has 0 amide bonds. The van der Waals surface area contributed by atoms with E-state index < -0.39 is 5.97 Å². The molecule has 1 fully saturated rings. The summed E-state index contributed by atoms with van der Waals surface area (Å²) in [7, 11) is 0. The molecule has 1 aliphatic carbocycles. The highest BCUT2D eigenvalue weighted by Crippen LogP contribution is 2.44. The molecular formula is C16H18N2O2. The maximum absolute atomic E-state index is 11.0. The van der Waals surface area contributed by atoms with E-state index >= 15 is 0 Å². The van der Waals surface area contributed by atoms with Crippen LogP contribution >= 0.6 is 0 Å². The van der Waals surface area contributed by atoms with E-state index in [4.69, 9.17) is 5.11 Å². The molecule has 0 spiro atoms. The first-order valence-corrected chi connectivity index (χ1v) is 6.98. The second-order valence-electron chi connectivity index (χ2n) is 5.52. The zero-order chi connectivity index (χ0) is 14.1. The van der Waals surface area contributed by atoms with Gasteiger partial charge in [-0.25, -0.2) is 4.68 Å². The van der Waals surface area contributed by atoms with Crippen LogP contribution in [-0.4, -0.2) is 20.9 Å². The minimum absolute atomic E-state index is 0.153. The van der Waals surface area contributed by atoms with Gasteiger partial charge in [0.1, 0.15) is 0 Å². The third kappa shape index (κ3) is 2.59. The summed E-state index contributed by atoms with van der Waals surface area (Å²) in [6, 6.07) is 10.1. The molecule has 104 valence electrons. The molecule has 1 unspecified atom stereocenters. The van der Waals surface area contributed by atoms with Crippen molar-refractivity contribution in [1.29, 1.82) is 0 Å². The predicted molar refractivity (Wildman–Crippen MR) is 76.0 cm³/mol. The van der Waals surface area contributed by atoms with Gasteiger partial charge in [-0.3, -0.25) is 4.79 Å². The second kappa shape index (κ2) is 5.12. The Labute approximate surface area is 118 Å². The first-order chi connectivity index (χ1) is 9.65. The maximum atomic E-state index is 11.0. The van der Waals surface area contributed by atoms with Crippen LogP contribution in [0.3, 0.4) is 0 Å². The van der Waals surface area contributed by atoms with Crippen molar-refractivity contribution in [2.45, 2.75) is 32.1 Å². The summed E-state index contributed by atoms with van der Waals surface area (Å²) < 4.78 is 1.88. The van der Waals surface area contributed by atoms with Crippen LogP contribution in [0, 0.1) is 12.8 Å². The summed E-state index contributed by atoms with van der Waals surface area (Å²) >= 11 is 0. The van der Waals surface area contributed by atoms with E-state index in [9.17, 15) is 4.79 Å². The third-order valence-electron chi connectivity index (χ3n) is 3.98. The summed E-state index contributed by atoms with van der Waals surface area (Å²) in [5.74, 6) is -0.0162. The van der Waals surface area contributed by atoms with Crippen LogP contribution in [0.4, 0.5) is 0 Å². The number of carboxylic acids is 1. The highest BCUT2D eigenvalue weighted by Gasteiger charge is 2.33. The van der Waals surface area contributed by atoms with Crippen molar-refractivity contribution < 1.29 is 9.90 Å².